The fraction of sp³-hybridized carbons (Fsp3) is 0.357. The average molecular weight is 283 g/mol. The van der Waals surface area contributed by atoms with Crippen LogP contribution in [0.2, 0.25) is 10.0 Å². The summed E-state index contributed by atoms with van der Waals surface area (Å²) in [5.41, 5.74) is 0.795. The SMILES string of the molecule is C/C=C/CN1CCCC1=Nc1ccc(Cl)cc1Cl. The van der Waals surface area contributed by atoms with Crippen molar-refractivity contribution in [3.63, 3.8) is 0 Å². The number of allylic oxidation sites excluding steroid dienone is 1. The summed E-state index contributed by atoms with van der Waals surface area (Å²) in [4.78, 5) is 6.93. The minimum atomic E-state index is 0.605. The number of amidine groups is 1. The van der Waals surface area contributed by atoms with E-state index in [1.807, 2.05) is 19.1 Å². The quantitative estimate of drug-likeness (QED) is 0.734. The second-order valence-corrected chi connectivity index (χ2v) is 5.09. The van der Waals surface area contributed by atoms with Crippen molar-refractivity contribution in [2.45, 2.75) is 19.8 Å². The molecule has 1 aliphatic rings. The number of likely N-dealkylation sites (tertiary alicyclic amines) is 1. The van der Waals surface area contributed by atoms with Gasteiger partial charge in [0.2, 0.25) is 0 Å². The maximum atomic E-state index is 6.14. The van der Waals surface area contributed by atoms with Crippen molar-refractivity contribution in [2.75, 3.05) is 13.1 Å². The molecule has 0 amide bonds. The first kappa shape index (κ1) is 13.4. The first-order valence-corrected chi connectivity index (χ1v) is 6.85. The van der Waals surface area contributed by atoms with Crippen LogP contribution in [0, 0.1) is 0 Å². The first-order chi connectivity index (χ1) is 8.70. The molecule has 0 radical (unpaired) electrons. The van der Waals surface area contributed by atoms with Gasteiger partial charge in [0.15, 0.2) is 0 Å². The van der Waals surface area contributed by atoms with Crippen LogP contribution >= 0.6 is 23.2 Å². The molecule has 0 N–H and O–H groups in total. The summed E-state index contributed by atoms with van der Waals surface area (Å²) in [6.07, 6.45) is 6.37. The van der Waals surface area contributed by atoms with Crippen molar-refractivity contribution in [1.82, 2.24) is 4.90 Å². The molecule has 4 heteroatoms. The zero-order valence-corrected chi connectivity index (χ0v) is 11.9. The van der Waals surface area contributed by atoms with Gasteiger partial charge in [0.05, 0.1) is 10.7 Å². The first-order valence-electron chi connectivity index (χ1n) is 6.09. The fourth-order valence-electron chi connectivity index (χ4n) is 1.98. The van der Waals surface area contributed by atoms with Gasteiger partial charge in [-0.3, -0.25) is 0 Å². The number of benzene rings is 1. The van der Waals surface area contributed by atoms with E-state index in [1.165, 1.54) is 0 Å². The van der Waals surface area contributed by atoms with Crippen molar-refractivity contribution in [2.24, 2.45) is 4.99 Å². The Hall–Kier alpha value is -0.990. The topological polar surface area (TPSA) is 15.6 Å². The van der Waals surface area contributed by atoms with Gasteiger partial charge in [-0.2, -0.15) is 0 Å². The van der Waals surface area contributed by atoms with E-state index in [4.69, 9.17) is 23.2 Å². The van der Waals surface area contributed by atoms with E-state index in [1.54, 1.807) is 6.07 Å². The van der Waals surface area contributed by atoms with Crippen LogP contribution in [0.25, 0.3) is 0 Å². The highest BCUT2D eigenvalue weighted by Gasteiger charge is 2.17. The van der Waals surface area contributed by atoms with E-state index in [9.17, 15) is 0 Å². The van der Waals surface area contributed by atoms with E-state index in [-0.39, 0.29) is 0 Å². The Kier molecular flexibility index (Phi) is 4.67. The van der Waals surface area contributed by atoms with Crippen molar-refractivity contribution in [1.29, 1.82) is 0 Å². The van der Waals surface area contributed by atoms with Crippen LogP contribution in [0.5, 0.6) is 0 Å². The van der Waals surface area contributed by atoms with Crippen molar-refractivity contribution < 1.29 is 0 Å². The van der Waals surface area contributed by atoms with Crippen LogP contribution in [-0.4, -0.2) is 23.8 Å². The van der Waals surface area contributed by atoms with E-state index < -0.39 is 0 Å². The molecule has 0 bridgehead atoms. The monoisotopic (exact) mass is 282 g/mol. The minimum absolute atomic E-state index is 0.605. The lowest BCUT2D eigenvalue weighted by atomic mass is 10.3. The molecule has 0 spiro atoms. The minimum Gasteiger partial charge on any atom is -0.356 e. The van der Waals surface area contributed by atoms with Gasteiger partial charge >= 0.3 is 0 Å². The molecular formula is C14H16Cl2N2. The van der Waals surface area contributed by atoms with Crippen molar-refractivity contribution in [3.8, 4) is 0 Å². The van der Waals surface area contributed by atoms with E-state index in [0.717, 1.165) is 37.5 Å². The molecule has 1 aliphatic heterocycles. The average Bonchev–Trinajstić information content (AvgIpc) is 2.77. The van der Waals surface area contributed by atoms with E-state index in [2.05, 4.69) is 22.0 Å². The Morgan fingerprint density at radius 2 is 2.22 bits per heavy atom. The number of aliphatic imine (C=N–C) groups is 1. The predicted octanol–water partition coefficient (Wildman–Crippen LogP) is 4.70. The van der Waals surface area contributed by atoms with Gasteiger partial charge in [0.25, 0.3) is 0 Å². The van der Waals surface area contributed by atoms with Crippen LogP contribution in [0.15, 0.2) is 35.3 Å². The Morgan fingerprint density at radius 1 is 1.39 bits per heavy atom. The van der Waals surface area contributed by atoms with Gasteiger partial charge in [0.1, 0.15) is 5.84 Å². The van der Waals surface area contributed by atoms with Crippen molar-refractivity contribution in [3.05, 3.63) is 40.4 Å². The zero-order valence-electron chi connectivity index (χ0n) is 10.4. The Morgan fingerprint density at radius 3 is 2.94 bits per heavy atom. The molecule has 1 saturated heterocycles. The lowest BCUT2D eigenvalue weighted by Crippen LogP contribution is -2.24. The highest BCUT2D eigenvalue weighted by atomic mass is 35.5. The van der Waals surface area contributed by atoms with Gasteiger partial charge in [-0.1, -0.05) is 35.4 Å². The highest BCUT2D eigenvalue weighted by Crippen LogP contribution is 2.29. The summed E-state index contributed by atoms with van der Waals surface area (Å²) in [5.74, 6) is 1.11. The summed E-state index contributed by atoms with van der Waals surface area (Å²) in [7, 11) is 0. The van der Waals surface area contributed by atoms with E-state index >= 15 is 0 Å². The number of hydrogen-bond acceptors (Lipinski definition) is 1. The second-order valence-electron chi connectivity index (χ2n) is 4.24. The standard InChI is InChI=1S/C14H16Cl2N2/c1-2-3-8-18-9-4-5-14(18)17-13-7-6-11(15)10-12(13)16/h2-3,6-7,10H,4-5,8-9H2,1H3/b3-2+,17-14?. The molecule has 2 rings (SSSR count). The van der Waals surface area contributed by atoms with Gasteiger partial charge in [-0.25, -0.2) is 4.99 Å². The molecule has 96 valence electrons. The largest absolute Gasteiger partial charge is 0.356 e. The van der Waals surface area contributed by atoms with Crippen LogP contribution < -0.4 is 0 Å². The van der Waals surface area contributed by atoms with Gasteiger partial charge < -0.3 is 4.90 Å². The molecule has 1 aromatic carbocycles. The van der Waals surface area contributed by atoms with Gasteiger partial charge in [-0.15, -0.1) is 0 Å². The third kappa shape index (κ3) is 3.27. The molecule has 0 aromatic heterocycles. The maximum absolute atomic E-state index is 6.14. The summed E-state index contributed by atoms with van der Waals surface area (Å²) in [6, 6.07) is 5.41. The zero-order chi connectivity index (χ0) is 13.0. The molecule has 0 aliphatic carbocycles. The molecule has 1 fully saturated rings. The number of hydrogen-bond donors (Lipinski definition) is 0. The third-order valence-corrected chi connectivity index (χ3v) is 3.45. The normalized spacial score (nSPS) is 18.2. The Labute approximate surface area is 118 Å². The lowest BCUT2D eigenvalue weighted by Gasteiger charge is -2.16. The summed E-state index contributed by atoms with van der Waals surface area (Å²) in [5, 5.41) is 1.24. The predicted molar refractivity (Wildman–Crippen MR) is 79.2 cm³/mol. The van der Waals surface area contributed by atoms with Crippen LogP contribution in [-0.2, 0) is 0 Å². The molecular weight excluding hydrogens is 267 g/mol. The number of nitrogens with zero attached hydrogens (tertiary/aromatic N) is 2. The molecule has 1 aromatic rings. The molecule has 2 nitrogen and oxygen atoms in total. The Bertz CT molecular complexity index is 481. The van der Waals surface area contributed by atoms with Gasteiger partial charge in [-0.05, 0) is 31.5 Å². The molecule has 0 unspecified atom stereocenters. The lowest BCUT2D eigenvalue weighted by molar-refractivity contribution is 0.502. The number of rotatable bonds is 3. The molecule has 1 heterocycles. The number of halogens is 2. The van der Waals surface area contributed by atoms with Gasteiger partial charge in [0, 0.05) is 24.5 Å². The van der Waals surface area contributed by atoms with Crippen LogP contribution in [0.4, 0.5) is 5.69 Å². The molecule has 18 heavy (non-hydrogen) atoms. The summed E-state index contributed by atoms with van der Waals surface area (Å²) >= 11 is 12.0. The highest BCUT2D eigenvalue weighted by molar-refractivity contribution is 6.36. The molecule has 0 saturated carbocycles. The van der Waals surface area contributed by atoms with Crippen molar-refractivity contribution >= 4 is 34.7 Å². The van der Waals surface area contributed by atoms with Crippen LogP contribution in [0.1, 0.15) is 19.8 Å². The third-order valence-electron chi connectivity index (χ3n) is 2.91. The molecule has 0 atom stereocenters. The van der Waals surface area contributed by atoms with Crippen LogP contribution in [0.3, 0.4) is 0 Å². The second kappa shape index (κ2) is 6.26. The summed E-state index contributed by atoms with van der Waals surface area (Å²) in [6.45, 7) is 4.01. The van der Waals surface area contributed by atoms with E-state index in [0.29, 0.717) is 10.0 Å². The summed E-state index contributed by atoms with van der Waals surface area (Å²) < 4.78 is 0. The fourth-order valence-corrected chi connectivity index (χ4v) is 2.43. The maximum Gasteiger partial charge on any atom is 0.105 e. The Balaban J connectivity index is 2.20. The smallest absolute Gasteiger partial charge is 0.105 e.